The second-order valence-corrected chi connectivity index (χ2v) is 11.1. The van der Waals surface area contributed by atoms with Gasteiger partial charge in [-0.15, -0.1) is 11.3 Å². The first-order valence-corrected chi connectivity index (χ1v) is 13.0. The van der Waals surface area contributed by atoms with E-state index in [0.717, 1.165) is 54.5 Å². The summed E-state index contributed by atoms with van der Waals surface area (Å²) in [4.78, 5) is 1.51. The summed E-state index contributed by atoms with van der Waals surface area (Å²) in [7, 11) is -3.61. The first kappa shape index (κ1) is 22.3. The molecule has 0 amide bonds. The molecule has 29 heavy (non-hydrogen) atoms. The average Bonchev–Trinajstić information content (AvgIpc) is 3.32. The van der Waals surface area contributed by atoms with Crippen LogP contribution >= 0.6 is 11.3 Å². The highest BCUT2D eigenvalue weighted by molar-refractivity contribution is 7.89. The molecule has 1 unspecified atom stereocenters. The highest BCUT2D eigenvalue weighted by Gasteiger charge is 2.54. The minimum Gasteiger partial charge on any atom is -0.207 e. The number of sulfonamides is 1. The van der Waals surface area contributed by atoms with Gasteiger partial charge in [-0.3, -0.25) is 0 Å². The quantitative estimate of drug-likeness (QED) is 0.413. The number of unbranched alkanes of at least 4 members (excludes halogenated alkanes) is 2. The van der Waals surface area contributed by atoms with Crippen LogP contribution in [0, 0.1) is 12.3 Å². The smallest absolute Gasteiger partial charge is 0.207 e. The van der Waals surface area contributed by atoms with Gasteiger partial charge in [0, 0.05) is 16.8 Å². The molecular formula is C24H33NO2S2. The van der Waals surface area contributed by atoms with Crippen LogP contribution in [-0.4, -0.2) is 19.3 Å². The highest BCUT2D eigenvalue weighted by Crippen LogP contribution is 2.58. The number of hydrogen-bond acceptors (Lipinski definition) is 3. The summed E-state index contributed by atoms with van der Waals surface area (Å²) in [5.41, 5.74) is 1.95. The Hall–Kier alpha value is -1.43. The number of rotatable bonds is 9. The fourth-order valence-corrected chi connectivity index (χ4v) is 7.26. The fraction of sp³-hybridized carbons (Fsp3) is 0.500. The third kappa shape index (κ3) is 4.23. The van der Waals surface area contributed by atoms with Crippen molar-refractivity contribution in [3.8, 4) is 0 Å². The maximum absolute atomic E-state index is 13.7. The summed E-state index contributed by atoms with van der Waals surface area (Å²) in [5.74, 6) is 0. The van der Waals surface area contributed by atoms with E-state index in [0.29, 0.717) is 11.4 Å². The molecular weight excluding hydrogens is 398 g/mol. The Kier molecular flexibility index (Phi) is 7.02. The van der Waals surface area contributed by atoms with Gasteiger partial charge in [0.1, 0.15) is 0 Å². The molecule has 1 aromatic carbocycles. The minimum atomic E-state index is -3.61. The van der Waals surface area contributed by atoms with Gasteiger partial charge >= 0.3 is 0 Å². The Morgan fingerprint density at radius 1 is 1.10 bits per heavy atom. The zero-order valence-electron chi connectivity index (χ0n) is 17.9. The standard InChI is InChI=1S/C24H33NO2S2/c1-5-7-15-24(16-8-6-2)20(4)18-25(23(24)22-10-9-17-28-22)29(26,27)21-13-11-19(3)12-14-21/h9-14,17,23H,4-8,15-16,18H2,1-3H3. The summed E-state index contributed by atoms with van der Waals surface area (Å²) < 4.78 is 29.2. The van der Waals surface area contributed by atoms with Crippen molar-refractivity contribution in [1.29, 1.82) is 0 Å². The maximum atomic E-state index is 13.7. The van der Waals surface area contributed by atoms with E-state index >= 15 is 0 Å². The molecule has 0 bridgehead atoms. The summed E-state index contributed by atoms with van der Waals surface area (Å²) in [6, 6.07) is 11.2. The second-order valence-electron chi connectivity index (χ2n) is 8.25. The normalized spacial score (nSPS) is 19.7. The van der Waals surface area contributed by atoms with Crippen molar-refractivity contribution >= 4 is 21.4 Å². The Balaban J connectivity index is 2.11. The van der Waals surface area contributed by atoms with E-state index in [1.54, 1.807) is 27.8 Å². The summed E-state index contributed by atoms with van der Waals surface area (Å²) in [5, 5.41) is 2.05. The van der Waals surface area contributed by atoms with Crippen LogP contribution in [0.15, 0.2) is 58.8 Å². The molecule has 0 N–H and O–H groups in total. The number of thiophene rings is 1. The molecule has 1 saturated heterocycles. The van der Waals surface area contributed by atoms with Crippen LogP contribution in [0.5, 0.6) is 0 Å². The summed E-state index contributed by atoms with van der Waals surface area (Å²) in [6.45, 7) is 11.2. The zero-order chi connectivity index (χ0) is 21.1. The third-order valence-corrected chi connectivity index (χ3v) is 9.01. The van der Waals surface area contributed by atoms with Crippen molar-refractivity contribution < 1.29 is 8.42 Å². The van der Waals surface area contributed by atoms with E-state index in [9.17, 15) is 8.42 Å². The summed E-state index contributed by atoms with van der Waals surface area (Å²) in [6.07, 6.45) is 6.35. The molecule has 1 fully saturated rings. The molecule has 158 valence electrons. The molecule has 0 spiro atoms. The molecule has 2 aromatic rings. The first-order valence-electron chi connectivity index (χ1n) is 10.7. The van der Waals surface area contributed by atoms with E-state index in [1.807, 2.05) is 25.1 Å². The van der Waals surface area contributed by atoms with Crippen molar-refractivity contribution in [1.82, 2.24) is 4.31 Å². The molecule has 3 rings (SSSR count). The van der Waals surface area contributed by atoms with Crippen molar-refractivity contribution in [3.05, 3.63) is 64.4 Å². The number of benzene rings is 1. The Labute approximate surface area is 180 Å². The number of aryl methyl sites for hydroxylation is 1. The van der Waals surface area contributed by atoms with Crippen LogP contribution in [0.2, 0.25) is 0 Å². The van der Waals surface area contributed by atoms with Gasteiger partial charge < -0.3 is 0 Å². The monoisotopic (exact) mass is 431 g/mol. The van der Waals surface area contributed by atoms with Crippen molar-refractivity contribution in [2.24, 2.45) is 5.41 Å². The lowest BCUT2D eigenvalue weighted by Gasteiger charge is -2.38. The molecule has 0 saturated carbocycles. The van der Waals surface area contributed by atoms with Crippen LogP contribution < -0.4 is 0 Å². The van der Waals surface area contributed by atoms with Gasteiger partial charge in [0.2, 0.25) is 10.0 Å². The van der Waals surface area contributed by atoms with Crippen LogP contribution in [-0.2, 0) is 10.0 Å². The highest BCUT2D eigenvalue weighted by atomic mass is 32.2. The minimum absolute atomic E-state index is 0.167. The van der Waals surface area contributed by atoms with Crippen molar-refractivity contribution in [3.63, 3.8) is 0 Å². The first-order chi connectivity index (χ1) is 13.9. The SMILES string of the molecule is C=C1CN(S(=O)(=O)c2ccc(C)cc2)C(c2cccs2)C1(CCCC)CCCC. The van der Waals surface area contributed by atoms with Crippen LogP contribution in [0.25, 0.3) is 0 Å². The molecule has 1 aliphatic rings. The fourth-order valence-electron chi connectivity index (χ4n) is 4.57. The third-order valence-electron chi connectivity index (χ3n) is 6.26. The van der Waals surface area contributed by atoms with Gasteiger partial charge in [-0.05, 0) is 43.3 Å². The molecule has 1 aliphatic heterocycles. The maximum Gasteiger partial charge on any atom is 0.243 e. The number of hydrogen-bond donors (Lipinski definition) is 0. The van der Waals surface area contributed by atoms with Crippen LogP contribution in [0.1, 0.15) is 68.9 Å². The topological polar surface area (TPSA) is 37.4 Å². The largest absolute Gasteiger partial charge is 0.243 e. The van der Waals surface area contributed by atoms with Gasteiger partial charge in [-0.1, -0.05) is 75.4 Å². The zero-order valence-corrected chi connectivity index (χ0v) is 19.5. The predicted molar refractivity (Wildman–Crippen MR) is 123 cm³/mol. The Bertz CT molecular complexity index is 906. The molecule has 0 aliphatic carbocycles. The van der Waals surface area contributed by atoms with Gasteiger partial charge in [0.05, 0.1) is 10.9 Å². The van der Waals surface area contributed by atoms with Crippen molar-refractivity contribution in [2.75, 3.05) is 6.54 Å². The Morgan fingerprint density at radius 2 is 1.72 bits per heavy atom. The lowest BCUT2D eigenvalue weighted by Crippen LogP contribution is -2.36. The molecule has 2 heterocycles. The predicted octanol–water partition coefficient (Wildman–Crippen LogP) is 6.73. The lowest BCUT2D eigenvalue weighted by atomic mass is 9.69. The van der Waals surface area contributed by atoms with E-state index in [4.69, 9.17) is 0 Å². The molecule has 0 radical (unpaired) electrons. The van der Waals surface area contributed by atoms with Crippen molar-refractivity contribution in [2.45, 2.75) is 70.2 Å². The van der Waals surface area contributed by atoms with E-state index in [-0.39, 0.29) is 11.5 Å². The second kappa shape index (κ2) is 9.15. The van der Waals surface area contributed by atoms with Gasteiger partial charge in [0.25, 0.3) is 0 Å². The van der Waals surface area contributed by atoms with Gasteiger partial charge in [0.15, 0.2) is 0 Å². The average molecular weight is 432 g/mol. The molecule has 1 atom stereocenters. The van der Waals surface area contributed by atoms with Gasteiger partial charge in [-0.2, -0.15) is 4.31 Å². The lowest BCUT2D eigenvalue weighted by molar-refractivity contribution is 0.199. The molecule has 1 aromatic heterocycles. The van der Waals surface area contributed by atoms with Crippen LogP contribution in [0.4, 0.5) is 0 Å². The Morgan fingerprint density at radius 3 is 2.24 bits per heavy atom. The van der Waals surface area contributed by atoms with Crippen LogP contribution in [0.3, 0.4) is 0 Å². The molecule has 5 heteroatoms. The van der Waals surface area contributed by atoms with E-state index in [1.165, 1.54) is 0 Å². The molecule has 3 nitrogen and oxygen atoms in total. The van der Waals surface area contributed by atoms with Gasteiger partial charge in [-0.25, -0.2) is 8.42 Å². The summed E-state index contributed by atoms with van der Waals surface area (Å²) >= 11 is 1.66. The van der Waals surface area contributed by atoms with E-state index < -0.39 is 10.0 Å². The number of nitrogens with zero attached hydrogens (tertiary/aromatic N) is 1. The van der Waals surface area contributed by atoms with E-state index in [2.05, 4.69) is 31.9 Å².